The maximum absolute atomic E-state index is 12.4. The van der Waals surface area contributed by atoms with Gasteiger partial charge in [0.1, 0.15) is 11.0 Å². The Morgan fingerprint density at radius 1 is 1.10 bits per heavy atom. The Balaban J connectivity index is 1.63. The lowest BCUT2D eigenvalue weighted by molar-refractivity contribution is 0.0939. The number of aromatic nitrogens is 1. The van der Waals surface area contributed by atoms with Crippen molar-refractivity contribution in [3.8, 4) is 6.07 Å². The molecule has 0 bridgehead atoms. The van der Waals surface area contributed by atoms with Crippen LogP contribution >= 0.6 is 0 Å². The zero-order chi connectivity index (χ0) is 21.6. The summed E-state index contributed by atoms with van der Waals surface area (Å²) in [7, 11) is -4.08. The van der Waals surface area contributed by atoms with Crippen molar-refractivity contribution < 1.29 is 17.4 Å². The standard InChI is InChI=1S/C22H19N3O4S/c1-16(20-7-4-5-13-24-20)25-22(26)18-11-9-17(10-12-18)15-29-30(27,28)21-8-3-2-6-19(21)14-23/h2-13,16H,15H2,1H3,(H,25,26). The number of carbonyl (C=O) groups excluding carboxylic acids is 1. The van der Waals surface area contributed by atoms with Gasteiger partial charge in [-0.15, -0.1) is 0 Å². The molecule has 0 aliphatic carbocycles. The molecule has 1 aromatic heterocycles. The molecule has 1 atom stereocenters. The SMILES string of the molecule is CC(NC(=O)c1ccc(COS(=O)(=O)c2ccccc2C#N)cc1)c1ccccn1. The molecule has 8 heteroatoms. The van der Waals surface area contributed by atoms with Crippen molar-refractivity contribution in [2.45, 2.75) is 24.5 Å². The second-order valence-electron chi connectivity index (χ2n) is 6.47. The molecule has 0 fully saturated rings. The summed E-state index contributed by atoms with van der Waals surface area (Å²) < 4.78 is 29.8. The first-order valence-electron chi connectivity index (χ1n) is 9.10. The van der Waals surface area contributed by atoms with Crippen molar-refractivity contribution in [3.05, 3.63) is 95.3 Å². The first-order valence-corrected chi connectivity index (χ1v) is 10.5. The monoisotopic (exact) mass is 421 g/mol. The van der Waals surface area contributed by atoms with Crippen LogP contribution in [0.15, 0.2) is 77.8 Å². The van der Waals surface area contributed by atoms with Gasteiger partial charge in [0.25, 0.3) is 16.0 Å². The molecule has 2 aromatic carbocycles. The average Bonchev–Trinajstić information content (AvgIpc) is 2.78. The molecule has 0 aliphatic heterocycles. The van der Waals surface area contributed by atoms with Gasteiger partial charge in [-0.05, 0) is 48.9 Å². The lowest BCUT2D eigenvalue weighted by Gasteiger charge is -2.13. The van der Waals surface area contributed by atoms with E-state index in [0.29, 0.717) is 11.1 Å². The summed E-state index contributed by atoms with van der Waals surface area (Å²) >= 11 is 0. The van der Waals surface area contributed by atoms with Crippen LogP contribution in [0.3, 0.4) is 0 Å². The second-order valence-corrected chi connectivity index (χ2v) is 8.05. The molecule has 1 unspecified atom stereocenters. The lowest BCUT2D eigenvalue weighted by Crippen LogP contribution is -2.27. The first kappa shape index (κ1) is 21.2. The first-order chi connectivity index (χ1) is 14.4. The number of hydrogen-bond donors (Lipinski definition) is 1. The molecule has 3 rings (SSSR count). The highest BCUT2D eigenvalue weighted by atomic mass is 32.2. The third-order valence-corrected chi connectivity index (χ3v) is 5.68. The molecular weight excluding hydrogens is 402 g/mol. The number of rotatable bonds is 7. The number of carbonyl (C=O) groups is 1. The zero-order valence-electron chi connectivity index (χ0n) is 16.1. The Bertz CT molecular complexity index is 1170. The molecule has 1 N–H and O–H groups in total. The Morgan fingerprint density at radius 2 is 1.80 bits per heavy atom. The zero-order valence-corrected chi connectivity index (χ0v) is 17.0. The molecule has 0 spiro atoms. The van der Waals surface area contributed by atoms with E-state index in [0.717, 1.165) is 5.69 Å². The van der Waals surface area contributed by atoms with Crippen molar-refractivity contribution in [1.82, 2.24) is 10.3 Å². The summed E-state index contributed by atoms with van der Waals surface area (Å²) in [6, 6.07) is 19.3. The van der Waals surface area contributed by atoms with Gasteiger partial charge in [0.05, 0.1) is 23.9 Å². The van der Waals surface area contributed by atoms with E-state index in [9.17, 15) is 13.2 Å². The number of nitrogens with zero attached hydrogens (tertiary/aromatic N) is 2. The van der Waals surface area contributed by atoms with Crippen LogP contribution in [0.25, 0.3) is 0 Å². The van der Waals surface area contributed by atoms with Crippen LogP contribution in [0, 0.1) is 11.3 Å². The molecule has 0 radical (unpaired) electrons. The summed E-state index contributed by atoms with van der Waals surface area (Å²) in [5.74, 6) is -0.267. The smallest absolute Gasteiger partial charge is 0.298 e. The van der Waals surface area contributed by atoms with Gasteiger partial charge in [-0.3, -0.25) is 14.0 Å². The van der Waals surface area contributed by atoms with Crippen LogP contribution < -0.4 is 5.32 Å². The predicted molar refractivity (Wildman–Crippen MR) is 110 cm³/mol. The Hall–Kier alpha value is -3.54. The molecule has 1 amide bonds. The predicted octanol–water partition coefficient (Wildman–Crippen LogP) is 3.35. The molecule has 7 nitrogen and oxygen atoms in total. The average molecular weight is 421 g/mol. The molecule has 0 aliphatic rings. The summed E-state index contributed by atoms with van der Waals surface area (Å²) in [5.41, 5.74) is 1.77. The maximum Gasteiger partial charge on any atom is 0.298 e. The second kappa shape index (κ2) is 9.31. The maximum atomic E-state index is 12.4. The molecule has 152 valence electrons. The molecule has 0 saturated heterocycles. The highest BCUT2D eigenvalue weighted by Gasteiger charge is 2.19. The van der Waals surface area contributed by atoms with Crippen LogP contribution in [0.4, 0.5) is 0 Å². The molecule has 3 aromatic rings. The van der Waals surface area contributed by atoms with E-state index >= 15 is 0 Å². The van der Waals surface area contributed by atoms with E-state index in [-0.39, 0.29) is 29.0 Å². The number of pyridine rings is 1. The minimum absolute atomic E-state index is 0.0199. The third-order valence-electron chi connectivity index (χ3n) is 4.35. The highest BCUT2D eigenvalue weighted by Crippen LogP contribution is 2.19. The van der Waals surface area contributed by atoms with E-state index in [1.54, 1.807) is 42.6 Å². The van der Waals surface area contributed by atoms with Gasteiger partial charge in [-0.1, -0.05) is 30.3 Å². The Morgan fingerprint density at radius 3 is 2.47 bits per heavy atom. The quantitative estimate of drug-likeness (QED) is 0.586. The van der Waals surface area contributed by atoms with Gasteiger partial charge in [-0.25, -0.2) is 0 Å². The molecular formula is C22H19N3O4S. The Labute approximate surface area is 175 Å². The molecule has 0 saturated carbocycles. The van der Waals surface area contributed by atoms with Gasteiger partial charge >= 0.3 is 0 Å². The van der Waals surface area contributed by atoms with E-state index in [4.69, 9.17) is 9.44 Å². The highest BCUT2D eigenvalue weighted by molar-refractivity contribution is 7.86. The Kier molecular flexibility index (Phi) is 6.57. The van der Waals surface area contributed by atoms with Gasteiger partial charge < -0.3 is 5.32 Å². The fourth-order valence-corrected chi connectivity index (χ4v) is 3.77. The number of amides is 1. The summed E-state index contributed by atoms with van der Waals surface area (Å²) in [6.45, 7) is 1.63. The van der Waals surface area contributed by atoms with Gasteiger partial charge in [0.2, 0.25) is 0 Å². The van der Waals surface area contributed by atoms with E-state index < -0.39 is 10.1 Å². The van der Waals surface area contributed by atoms with Crippen LogP contribution in [-0.2, 0) is 20.9 Å². The fraction of sp³-hybridized carbons (Fsp3) is 0.136. The van der Waals surface area contributed by atoms with E-state index in [2.05, 4.69) is 10.3 Å². The largest absolute Gasteiger partial charge is 0.344 e. The van der Waals surface area contributed by atoms with Crippen molar-refractivity contribution in [2.24, 2.45) is 0 Å². The normalized spacial score (nSPS) is 12.0. The van der Waals surface area contributed by atoms with E-state index in [1.807, 2.05) is 25.1 Å². The summed E-state index contributed by atoms with van der Waals surface area (Å²) in [4.78, 5) is 16.5. The number of hydrogen-bond acceptors (Lipinski definition) is 6. The van der Waals surface area contributed by atoms with Crippen LogP contribution in [0.1, 0.15) is 40.1 Å². The van der Waals surface area contributed by atoms with E-state index in [1.165, 1.54) is 18.2 Å². The van der Waals surface area contributed by atoms with Crippen molar-refractivity contribution in [1.29, 1.82) is 5.26 Å². The minimum Gasteiger partial charge on any atom is -0.344 e. The van der Waals surface area contributed by atoms with Crippen molar-refractivity contribution >= 4 is 16.0 Å². The van der Waals surface area contributed by atoms with Gasteiger partial charge in [0.15, 0.2) is 0 Å². The van der Waals surface area contributed by atoms with Crippen LogP contribution in [0.2, 0.25) is 0 Å². The number of nitrogens with one attached hydrogen (secondary N) is 1. The summed E-state index contributed by atoms with van der Waals surface area (Å²) in [5, 5.41) is 11.9. The molecule has 30 heavy (non-hydrogen) atoms. The fourth-order valence-electron chi connectivity index (χ4n) is 2.72. The van der Waals surface area contributed by atoms with Crippen LogP contribution in [0.5, 0.6) is 0 Å². The van der Waals surface area contributed by atoms with Gasteiger partial charge in [0, 0.05) is 11.8 Å². The van der Waals surface area contributed by atoms with Gasteiger partial charge in [-0.2, -0.15) is 13.7 Å². The summed E-state index contributed by atoms with van der Waals surface area (Å²) in [6.07, 6.45) is 1.66. The number of nitriles is 1. The van der Waals surface area contributed by atoms with Crippen molar-refractivity contribution in [2.75, 3.05) is 0 Å². The van der Waals surface area contributed by atoms with Crippen molar-refractivity contribution in [3.63, 3.8) is 0 Å². The molecule has 1 heterocycles. The number of benzene rings is 2. The minimum atomic E-state index is -4.08. The third kappa shape index (κ3) is 5.08. The lowest BCUT2D eigenvalue weighted by atomic mass is 10.1. The van der Waals surface area contributed by atoms with Crippen LogP contribution in [-0.4, -0.2) is 19.3 Å². The topological polar surface area (TPSA) is 109 Å².